The molecule has 1 N–H and O–H groups in total. The van der Waals surface area contributed by atoms with Gasteiger partial charge in [0.15, 0.2) is 0 Å². The van der Waals surface area contributed by atoms with Crippen molar-refractivity contribution in [2.45, 2.75) is 13.5 Å². The lowest BCUT2D eigenvalue weighted by Crippen LogP contribution is -2.04. The zero-order valence-corrected chi connectivity index (χ0v) is 11.4. The van der Waals surface area contributed by atoms with E-state index in [1.165, 1.54) is 24.4 Å². The van der Waals surface area contributed by atoms with E-state index in [4.69, 9.17) is 16.7 Å². The van der Waals surface area contributed by atoms with Gasteiger partial charge >= 0.3 is 5.97 Å². The second-order valence-corrected chi connectivity index (χ2v) is 4.71. The molecule has 1 aromatic carbocycles. The predicted octanol–water partition coefficient (Wildman–Crippen LogP) is 3.13. The number of carbonyl (C=O) groups is 1. The van der Waals surface area contributed by atoms with Gasteiger partial charge in [0.25, 0.3) is 0 Å². The first-order chi connectivity index (χ1) is 9.45. The third-order valence-corrected chi connectivity index (χ3v) is 3.14. The first-order valence-electron chi connectivity index (χ1n) is 5.84. The zero-order chi connectivity index (χ0) is 14.7. The van der Waals surface area contributed by atoms with E-state index in [9.17, 15) is 9.18 Å². The van der Waals surface area contributed by atoms with Crippen LogP contribution in [0.3, 0.4) is 0 Å². The third-order valence-electron chi connectivity index (χ3n) is 2.77. The fraction of sp³-hybridized carbons (Fsp3) is 0.143. The van der Waals surface area contributed by atoms with Gasteiger partial charge in [0, 0.05) is 6.08 Å². The summed E-state index contributed by atoms with van der Waals surface area (Å²) in [5.41, 5.74) is 1.95. The second-order valence-electron chi connectivity index (χ2n) is 4.30. The molecule has 0 aliphatic carbocycles. The van der Waals surface area contributed by atoms with Crippen molar-refractivity contribution in [2.75, 3.05) is 0 Å². The van der Waals surface area contributed by atoms with Gasteiger partial charge in [-0.25, -0.2) is 9.18 Å². The SMILES string of the molecule is Cc1c(Cl)cnn1Cc1cc(F)cc(C=CC(=O)O)c1. The number of halogens is 2. The summed E-state index contributed by atoms with van der Waals surface area (Å²) in [6, 6.07) is 4.36. The lowest BCUT2D eigenvalue weighted by atomic mass is 10.1. The van der Waals surface area contributed by atoms with Gasteiger partial charge in [0.05, 0.1) is 23.5 Å². The van der Waals surface area contributed by atoms with E-state index in [1.807, 2.05) is 6.92 Å². The fourth-order valence-electron chi connectivity index (χ4n) is 1.79. The molecule has 1 heterocycles. The Balaban J connectivity index is 2.28. The molecule has 2 rings (SSSR count). The summed E-state index contributed by atoms with van der Waals surface area (Å²) < 4.78 is 15.2. The van der Waals surface area contributed by atoms with Crippen molar-refractivity contribution in [2.24, 2.45) is 0 Å². The highest BCUT2D eigenvalue weighted by molar-refractivity contribution is 6.31. The van der Waals surface area contributed by atoms with E-state index < -0.39 is 11.8 Å². The molecule has 2 aromatic rings. The molecule has 1 aromatic heterocycles. The molecule has 4 nitrogen and oxygen atoms in total. The van der Waals surface area contributed by atoms with E-state index in [1.54, 1.807) is 10.7 Å². The highest BCUT2D eigenvalue weighted by atomic mass is 35.5. The van der Waals surface area contributed by atoms with Crippen LogP contribution in [0, 0.1) is 12.7 Å². The van der Waals surface area contributed by atoms with Crippen LogP contribution >= 0.6 is 11.6 Å². The number of nitrogens with zero attached hydrogens (tertiary/aromatic N) is 2. The molecule has 0 atom stereocenters. The summed E-state index contributed by atoms with van der Waals surface area (Å²) in [6.45, 7) is 2.18. The van der Waals surface area contributed by atoms with Gasteiger partial charge in [-0.3, -0.25) is 4.68 Å². The molecule has 0 spiro atoms. The number of rotatable bonds is 4. The van der Waals surface area contributed by atoms with Gasteiger partial charge in [-0.15, -0.1) is 0 Å². The minimum atomic E-state index is -1.08. The van der Waals surface area contributed by atoms with Crippen molar-refractivity contribution in [3.63, 3.8) is 0 Å². The summed E-state index contributed by atoms with van der Waals surface area (Å²) in [6.07, 6.45) is 3.84. The maximum absolute atomic E-state index is 13.5. The van der Waals surface area contributed by atoms with Crippen molar-refractivity contribution >= 4 is 23.6 Å². The standard InChI is InChI=1S/C14H12ClFN2O2/c1-9-13(15)7-17-18(9)8-11-4-10(2-3-14(19)20)5-12(16)6-11/h2-7H,8H2,1H3,(H,19,20). The molecule has 0 amide bonds. The summed E-state index contributed by atoms with van der Waals surface area (Å²) in [7, 11) is 0. The first kappa shape index (κ1) is 14.3. The second kappa shape index (κ2) is 5.88. The third kappa shape index (κ3) is 3.45. The summed E-state index contributed by atoms with van der Waals surface area (Å²) in [5.74, 6) is -1.51. The Bertz CT molecular complexity index is 680. The molecule has 104 valence electrons. The average molecular weight is 295 g/mol. The van der Waals surface area contributed by atoms with E-state index in [2.05, 4.69) is 5.10 Å². The highest BCUT2D eigenvalue weighted by Gasteiger charge is 2.06. The van der Waals surface area contributed by atoms with Gasteiger partial charge in [-0.2, -0.15) is 5.10 Å². The first-order valence-corrected chi connectivity index (χ1v) is 6.22. The average Bonchev–Trinajstić information content (AvgIpc) is 2.68. The van der Waals surface area contributed by atoms with Crippen LogP contribution < -0.4 is 0 Å². The predicted molar refractivity (Wildman–Crippen MR) is 74.1 cm³/mol. The number of benzene rings is 1. The maximum Gasteiger partial charge on any atom is 0.328 e. The lowest BCUT2D eigenvalue weighted by Gasteiger charge is -2.06. The molecule has 0 fully saturated rings. The fourth-order valence-corrected chi connectivity index (χ4v) is 1.93. The number of hydrogen-bond acceptors (Lipinski definition) is 2. The summed E-state index contributed by atoms with van der Waals surface area (Å²) in [4.78, 5) is 10.5. The quantitative estimate of drug-likeness (QED) is 0.882. The largest absolute Gasteiger partial charge is 0.478 e. The Kier molecular flexibility index (Phi) is 4.20. The molecule has 20 heavy (non-hydrogen) atoms. The summed E-state index contributed by atoms with van der Waals surface area (Å²) >= 11 is 5.91. The van der Waals surface area contributed by atoms with E-state index in [0.29, 0.717) is 22.7 Å². The molecule has 0 unspecified atom stereocenters. The number of carboxylic acids is 1. The molecule has 0 saturated carbocycles. The molecule has 0 saturated heterocycles. The lowest BCUT2D eigenvalue weighted by molar-refractivity contribution is -0.131. The molecular weight excluding hydrogens is 283 g/mol. The van der Waals surface area contributed by atoms with Crippen LogP contribution in [-0.4, -0.2) is 20.9 Å². The van der Waals surface area contributed by atoms with Crippen LogP contribution in [0.5, 0.6) is 0 Å². The van der Waals surface area contributed by atoms with Crippen LogP contribution in [0.15, 0.2) is 30.5 Å². The van der Waals surface area contributed by atoms with Gasteiger partial charge in [0.2, 0.25) is 0 Å². The van der Waals surface area contributed by atoms with E-state index in [-0.39, 0.29) is 0 Å². The molecule has 0 aliphatic rings. The molecule has 0 radical (unpaired) electrons. The van der Waals surface area contributed by atoms with Crippen molar-refractivity contribution in [3.8, 4) is 0 Å². The smallest absolute Gasteiger partial charge is 0.328 e. The Morgan fingerprint density at radius 1 is 1.50 bits per heavy atom. The van der Waals surface area contributed by atoms with Crippen molar-refractivity contribution in [1.29, 1.82) is 0 Å². The van der Waals surface area contributed by atoms with E-state index in [0.717, 1.165) is 11.8 Å². The Hall–Kier alpha value is -2.14. The van der Waals surface area contributed by atoms with Gasteiger partial charge in [-0.1, -0.05) is 11.6 Å². The molecule has 0 aliphatic heterocycles. The van der Waals surface area contributed by atoms with Gasteiger partial charge in [-0.05, 0) is 42.3 Å². The number of aromatic nitrogens is 2. The molecule has 0 bridgehead atoms. The van der Waals surface area contributed by atoms with Gasteiger partial charge < -0.3 is 5.11 Å². The topological polar surface area (TPSA) is 55.1 Å². The van der Waals surface area contributed by atoms with Crippen LogP contribution in [0.1, 0.15) is 16.8 Å². The number of aliphatic carboxylic acids is 1. The Morgan fingerprint density at radius 3 is 2.85 bits per heavy atom. The minimum absolute atomic E-state index is 0.365. The zero-order valence-electron chi connectivity index (χ0n) is 10.7. The van der Waals surface area contributed by atoms with Crippen molar-refractivity contribution in [3.05, 3.63) is 58.1 Å². The normalized spacial score (nSPS) is 11.2. The van der Waals surface area contributed by atoms with Crippen molar-refractivity contribution in [1.82, 2.24) is 9.78 Å². The number of carboxylic acid groups (broad SMARTS) is 1. The monoisotopic (exact) mass is 294 g/mol. The highest BCUT2D eigenvalue weighted by Crippen LogP contribution is 2.17. The molecular formula is C14H12ClFN2O2. The Labute approximate surface area is 120 Å². The van der Waals surface area contributed by atoms with Crippen molar-refractivity contribution < 1.29 is 14.3 Å². The Morgan fingerprint density at radius 2 is 2.25 bits per heavy atom. The van der Waals surface area contributed by atoms with Crippen LogP contribution in [0.25, 0.3) is 6.08 Å². The van der Waals surface area contributed by atoms with Crippen LogP contribution in [-0.2, 0) is 11.3 Å². The van der Waals surface area contributed by atoms with Crippen LogP contribution in [0.2, 0.25) is 5.02 Å². The minimum Gasteiger partial charge on any atom is -0.478 e. The van der Waals surface area contributed by atoms with Gasteiger partial charge in [0.1, 0.15) is 5.82 Å². The molecule has 6 heteroatoms. The van der Waals surface area contributed by atoms with E-state index >= 15 is 0 Å². The number of hydrogen-bond donors (Lipinski definition) is 1. The maximum atomic E-state index is 13.5. The summed E-state index contributed by atoms with van der Waals surface area (Å²) in [5, 5.41) is 13.2. The van der Waals surface area contributed by atoms with Crippen LogP contribution in [0.4, 0.5) is 4.39 Å².